The maximum atomic E-state index is 13.4. The summed E-state index contributed by atoms with van der Waals surface area (Å²) < 4.78 is 23.8. The van der Waals surface area contributed by atoms with Gasteiger partial charge in [0.1, 0.15) is 11.6 Å². The highest BCUT2D eigenvalue weighted by atomic mass is 19.1. The molecule has 1 heterocycles. The van der Waals surface area contributed by atoms with E-state index in [2.05, 4.69) is 10.1 Å². The van der Waals surface area contributed by atoms with Crippen molar-refractivity contribution in [1.82, 2.24) is 15.0 Å². The van der Waals surface area contributed by atoms with Crippen molar-refractivity contribution in [1.29, 1.82) is 0 Å². The lowest BCUT2D eigenvalue weighted by Gasteiger charge is -2.21. The summed E-state index contributed by atoms with van der Waals surface area (Å²) in [6.45, 7) is 4.65. The maximum absolute atomic E-state index is 13.4. The van der Waals surface area contributed by atoms with Crippen LogP contribution in [0.15, 0.2) is 53.1 Å². The summed E-state index contributed by atoms with van der Waals surface area (Å²) in [5, 5.41) is 3.76. The molecule has 27 heavy (non-hydrogen) atoms. The minimum absolute atomic E-state index is 0.123. The van der Waals surface area contributed by atoms with Gasteiger partial charge in [-0.3, -0.25) is 4.79 Å². The zero-order chi connectivity index (χ0) is 19.2. The number of amides is 1. The Bertz CT molecular complexity index is 909. The molecule has 6 nitrogen and oxygen atoms in total. The first kappa shape index (κ1) is 18.6. The van der Waals surface area contributed by atoms with E-state index >= 15 is 0 Å². The molecular formula is C20H20FN3O3. The predicted octanol–water partition coefficient (Wildman–Crippen LogP) is 3.76. The predicted molar refractivity (Wildman–Crippen MR) is 96.6 cm³/mol. The van der Waals surface area contributed by atoms with Gasteiger partial charge in [0.15, 0.2) is 6.61 Å². The fourth-order valence-electron chi connectivity index (χ4n) is 2.61. The second kappa shape index (κ2) is 8.44. The van der Waals surface area contributed by atoms with E-state index in [1.54, 1.807) is 48.2 Å². The molecule has 3 rings (SSSR count). The van der Waals surface area contributed by atoms with E-state index in [0.29, 0.717) is 36.1 Å². The molecule has 0 aliphatic carbocycles. The van der Waals surface area contributed by atoms with Crippen molar-refractivity contribution in [2.75, 3.05) is 6.54 Å². The standard InChI is InChI=1S/C20H20FN3O3/c1-3-24(12-15-5-4-6-17(21)11-15)20(25)16-7-9-18(10-8-16)26-13-19-22-14(2)27-23-19/h4-11H,3,12-13H2,1-2H3. The van der Waals surface area contributed by atoms with E-state index in [1.807, 2.05) is 6.92 Å². The van der Waals surface area contributed by atoms with Gasteiger partial charge in [-0.2, -0.15) is 4.98 Å². The number of halogens is 1. The van der Waals surface area contributed by atoms with Crippen molar-refractivity contribution in [2.24, 2.45) is 0 Å². The molecule has 3 aromatic rings. The Morgan fingerprint density at radius 1 is 1.22 bits per heavy atom. The van der Waals surface area contributed by atoms with Crippen LogP contribution in [0.25, 0.3) is 0 Å². The molecule has 2 aromatic carbocycles. The van der Waals surface area contributed by atoms with Crippen molar-refractivity contribution >= 4 is 5.91 Å². The summed E-state index contributed by atoms with van der Waals surface area (Å²) in [5.41, 5.74) is 1.29. The molecule has 0 atom stereocenters. The van der Waals surface area contributed by atoms with Gasteiger partial charge >= 0.3 is 0 Å². The van der Waals surface area contributed by atoms with Gasteiger partial charge in [-0.15, -0.1) is 0 Å². The number of benzene rings is 2. The molecule has 0 saturated heterocycles. The number of nitrogens with zero attached hydrogens (tertiary/aromatic N) is 3. The second-order valence-electron chi connectivity index (χ2n) is 5.99. The summed E-state index contributed by atoms with van der Waals surface area (Å²) in [6, 6.07) is 13.1. The zero-order valence-electron chi connectivity index (χ0n) is 15.2. The number of carbonyl (C=O) groups excluding carboxylic acids is 1. The lowest BCUT2D eigenvalue weighted by molar-refractivity contribution is 0.0752. The molecule has 0 N–H and O–H groups in total. The number of carbonyl (C=O) groups is 1. The molecule has 0 spiro atoms. The first-order chi connectivity index (χ1) is 13.0. The minimum Gasteiger partial charge on any atom is -0.485 e. The molecule has 0 radical (unpaired) electrons. The summed E-state index contributed by atoms with van der Waals surface area (Å²) in [4.78, 5) is 18.4. The van der Waals surface area contributed by atoms with Gasteiger partial charge in [0.25, 0.3) is 5.91 Å². The molecule has 140 valence electrons. The van der Waals surface area contributed by atoms with Crippen LogP contribution in [0.5, 0.6) is 5.75 Å². The maximum Gasteiger partial charge on any atom is 0.254 e. The second-order valence-corrected chi connectivity index (χ2v) is 5.99. The van der Waals surface area contributed by atoms with Crippen molar-refractivity contribution < 1.29 is 18.4 Å². The fraction of sp³-hybridized carbons (Fsp3) is 0.250. The SMILES string of the molecule is CCN(Cc1cccc(F)c1)C(=O)c1ccc(OCc2noc(C)n2)cc1. The Morgan fingerprint density at radius 2 is 2.00 bits per heavy atom. The summed E-state index contributed by atoms with van der Waals surface area (Å²) in [5.74, 6) is 1.10. The third kappa shape index (κ3) is 4.91. The molecule has 0 aliphatic heterocycles. The first-order valence-electron chi connectivity index (χ1n) is 8.61. The Labute approximate surface area is 156 Å². The summed E-state index contributed by atoms with van der Waals surface area (Å²) >= 11 is 0. The molecular weight excluding hydrogens is 349 g/mol. The molecule has 0 aliphatic rings. The zero-order valence-corrected chi connectivity index (χ0v) is 15.2. The van der Waals surface area contributed by atoms with Gasteiger partial charge in [0, 0.05) is 25.6 Å². The van der Waals surface area contributed by atoms with Crippen LogP contribution < -0.4 is 4.74 Å². The topological polar surface area (TPSA) is 68.5 Å². The van der Waals surface area contributed by atoms with Gasteiger partial charge in [-0.25, -0.2) is 4.39 Å². The van der Waals surface area contributed by atoms with Gasteiger partial charge in [0.2, 0.25) is 11.7 Å². The lowest BCUT2D eigenvalue weighted by Crippen LogP contribution is -2.30. The van der Waals surface area contributed by atoms with Crippen molar-refractivity contribution in [3.63, 3.8) is 0 Å². The molecule has 1 amide bonds. The Morgan fingerprint density at radius 3 is 2.63 bits per heavy atom. The highest BCUT2D eigenvalue weighted by Crippen LogP contribution is 2.16. The smallest absolute Gasteiger partial charge is 0.254 e. The normalized spacial score (nSPS) is 10.6. The average Bonchev–Trinajstić information content (AvgIpc) is 3.10. The molecule has 0 saturated carbocycles. The van der Waals surface area contributed by atoms with Crippen LogP contribution >= 0.6 is 0 Å². The number of ether oxygens (including phenoxy) is 1. The minimum atomic E-state index is -0.311. The van der Waals surface area contributed by atoms with Crippen LogP contribution in [0.3, 0.4) is 0 Å². The average molecular weight is 369 g/mol. The third-order valence-electron chi connectivity index (χ3n) is 3.97. The Kier molecular flexibility index (Phi) is 5.80. The Hall–Kier alpha value is -3.22. The van der Waals surface area contributed by atoms with Gasteiger partial charge < -0.3 is 14.2 Å². The molecule has 0 unspecified atom stereocenters. The fourth-order valence-corrected chi connectivity index (χ4v) is 2.61. The van der Waals surface area contributed by atoms with Crippen LogP contribution in [0.1, 0.15) is 34.6 Å². The van der Waals surface area contributed by atoms with E-state index in [-0.39, 0.29) is 18.3 Å². The first-order valence-corrected chi connectivity index (χ1v) is 8.61. The van der Waals surface area contributed by atoms with E-state index < -0.39 is 0 Å². The number of hydrogen-bond acceptors (Lipinski definition) is 5. The largest absolute Gasteiger partial charge is 0.485 e. The van der Waals surface area contributed by atoms with Crippen LogP contribution in [-0.4, -0.2) is 27.5 Å². The van der Waals surface area contributed by atoms with Gasteiger partial charge in [-0.05, 0) is 48.9 Å². The number of aromatic nitrogens is 2. The van der Waals surface area contributed by atoms with Crippen LogP contribution in [0.2, 0.25) is 0 Å². The van der Waals surface area contributed by atoms with E-state index in [0.717, 1.165) is 5.56 Å². The summed E-state index contributed by atoms with van der Waals surface area (Å²) in [6.07, 6.45) is 0. The van der Waals surface area contributed by atoms with Crippen LogP contribution in [-0.2, 0) is 13.2 Å². The molecule has 0 fully saturated rings. The number of aryl methyl sites for hydroxylation is 1. The highest BCUT2D eigenvalue weighted by Gasteiger charge is 2.15. The van der Waals surface area contributed by atoms with Gasteiger partial charge in [-0.1, -0.05) is 17.3 Å². The molecule has 7 heteroatoms. The van der Waals surface area contributed by atoms with E-state index in [4.69, 9.17) is 9.26 Å². The summed E-state index contributed by atoms with van der Waals surface area (Å²) in [7, 11) is 0. The van der Waals surface area contributed by atoms with Crippen LogP contribution in [0, 0.1) is 12.7 Å². The quantitative estimate of drug-likeness (QED) is 0.634. The lowest BCUT2D eigenvalue weighted by atomic mass is 10.1. The van der Waals surface area contributed by atoms with Crippen molar-refractivity contribution in [2.45, 2.75) is 27.0 Å². The van der Waals surface area contributed by atoms with Crippen LogP contribution in [0.4, 0.5) is 4.39 Å². The van der Waals surface area contributed by atoms with E-state index in [9.17, 15) is 9.18 Å². The molecule has 0 bridgehead atoms. The van der Waals surface area contributed by atoms with E-state index in [1.165, 1.54) is 12.1 Å². The number of rotatable bonds is 7. The Balaban J connectivity index is 1.63. The number of hydrogen-bond donors (Lipinski definition) is 0. The monoisotopic (exact) mass is 369 g/mol. The van der Waals surface area contributed by atoms with Crippen molar-refractivity contribution in [3.8, 4) is 5.75 Å². The van der Waals surface area contributed by atoms with Gasteiger partial charge in [0.05, 0.1) is 0 Å². The molecule has 1 aromatic heterocycles. The van der Waals surface area contributed by atoms with Crippen molar-refractivity contribution in [3.05, 3.63) is 77.2 Å². The third-order valence-corrected chi connectivity index (χ3v) is 3.97. The highest BCUT2D eigenvalue weighted by molar-refractivity contribution is 5.94.